The number of nitrogens with one attached hydrogen (secondary N) is 2. The van der Waals surface area contributed by atoms with Crippen molar-refractivity contribution in [2.45, 2.75) is 37.9 Å². The van der Waals surface area contributed by atoms with Crippen molar-refractivity contribution in [1.82, 2.24) is 20.5 Å². The number of aromatic nitrogens is 1. The molecule has 0 bridgehead atoms. The number of carbonyl (C=O) groups excluding carboxylic acids is 2. The Morgan fingerprint density at radius 3 is 2.61 bits per heavy atom. The van der Waals surface area contributed by atoms with Gasteiger partial charge in [-0.1, -0.05) is 12.1 Å². The van der Waals surface area contributed by atoms with Crippen LogP contribution in [0.1, 0.15) is 35.3 Å². The van der Waals surface area contributed by atoms with Crippen LogP contribution in [0.5, 0.6) is 0 Å². The zero-order chi connectivity index (χ0) is 22.6. The molecule has 0 saturated carbocycles. The Labute approximate surface area is 180 Å². The Morgan fingerprint density at radius 1 is 1.19 bits per heavy atom. The van der Waals surface area contributed by atoms with Crippen molar-refractivity contribution < 1.29 is 23.9 Å². The number of likely N-dealkylation sites (tertiary alicyclic amines) is 1. The molecule has 1 aliphatic rings. The normalized spacial score (nSPS) is 17.9. The van der Waals surface area contributed by atoms with Crippen LogP contribution in [-0.4, -0.2) is 59.0 Å². The van der Waals surface area contributed by atoms with E-state index < -0.39 is 5.82 Å². The number of likely N-dealkylation sites (N-methyl/N-ethyl adjacent to an activating group) is 1. The standard InChI is InChI=1S/C21H25FN4O2.CH2O2/c1-26-18(12-20(27)24-13-17-7-2-3-10-23-17)8-9-19(26)14-25-21(28)15-5-4-6-16(22)11-15;2-1-3/h2-7,10-11,18-19H,8-9,12-14H2,1H3,(H,24,27)(H,25,28);1H,(H,2,3)/t18-,19+;/m1./s1. The van der Waals surface area contributed by atoms with Gasteiger partial charge in [-0.2, -0.15) is 0 Å². The lowest BCUT2D eigenvalue weighted by atomic mass is 10.1. The van der Waals surface area contributed by atoms with Gasteiger partial charge in [0.25, 0.3) is 12.4 Å². The molecule has 0 radical (unpaired) electrons. The van der Waals surface area contributed by atoms with Crippen molar-refractivity contribution >= 4 is 18.3 Å². The van der Waals surface area contributed by atoms with Gasteiger partial charge in [0.05, 0.1) is 12.2 Å². The van der Waals surface area contributed by atoms with E-state index in [0.717, 1.165) is 18.5 Å². The van der Waals surface area contributed by atoms with E-state index >= 15 is 0 Å². The highest BCUT2D eigenvalue weighted by Gasteiger charge is 2.31. The summed E-state index contributed by atoms with van der Waals surface area (Å²) in [4.78, 5) is 39.1. The molecule has 2 heterocycles. The summed E-state index contributed by atoms with van der Waals surface area (Å²) >= 11 is 0. The molecule has 0 spiro atoms. The van der Waals surface area contributed by atoms with Crippen molar-refractivity contribution in [1.29, 1.82) is 0 Å². The van der Waals surface area contributed by atoms with E-state index in [1.54, 1.807) is 12.3 Å². The van der Waals surface area contributed by atoms with E-state index in [9.17, 15) is 14.0 Å². The summed E-state index contributed by atoms with van der Waals surface area (Å²) in [6.45, 7) is 0.640. The molecular formula is C22H27FN4O4. The summed E-state index contributed by atoms with van der Waals surface area (Å²) in [5, 5.41) is 12.7. The van der Waals surface area contributed by atoms with E-state index in [1.165, 1.54) is 18.2 Å². The molecule has 166 valence electrons. The molecule has 3 N–H and O–H groups in total. The maximum absolute atomic E-state index is 13.2. The summed E-state index contributed by atoms with van der Waals surface area (Å²) < 4.78 is 13.2. The average Bonchev–Trinajstić information content (AvgIpc) is 3.11. The molecule has 0 aliphatic carbocycles. The van der Waals surface area contributed by atoms with Crippen LogP contribution in [0.25, 0.3) is 0 Å². The van der Waals surface area contributed by atoms with Crippen molar-refractivity contribution in [2.75, 3.05) is 13.6 Å². The first kappa shape index (κ1) is 23.9. The van der Waals surface area contributed by atoms with Crippen LogP contribution >= 0.6 is 0 Å². The van der Waals surface area contributed by atoms with Gasteiger partial charge < -0.3 is 15.7 Å². The minimum absolute atomic E-state index is 0.00745. The topological polar surface area (TPSA) is 112 Å². The molecule has 1 aromatic carbocycles. The van der Waals surface area contributed by atoms with Gasteiger partial charge in [0.15, 0.2) is 0 Å². The largest absolute Gasteiger partial charge is 0.483 e. The maximum atomic E-state index is 13.2. The second-order valence-electron chi connectivity index (χ2n) is 7.18. The number of carboxylic acid groups (broad SMARTS) is 1. The lowest BCUT2D eigenvalue weighted by molar-refractivity contribution is -0.123. The molecule has 1 saturated heterocycles. The number of nitrogens with zero attached hydrogens (tertiary/aromatic N) is 2. The van der Waals surface area contributed by atoms with E-state index in [0.29, 0.717) is 25.1 Å². The summed E-state index contributed by atoms with van der Waals surface area (Å²) in [6, 6.07) is 11.5. The summed E-state index contributed by atoms with van der Waals surface area (Å²) in [5.74, 6) is -0.723. The number of hydrogen-bond donors (Lipinski definition) is 3. The van der Waals surface area contributed by atoms with Crippen LogP contribution in [0.3, 0.4) is 0 Å². The fraction of sp³-hybridized carbons (Fsp3) is 0.364. The molecule has 1 aromatic heterocycles. The third kappa shape index (κ3) is 7.78. The first-order valence-corrected chi connectivity index (χ1v) is 9.94. The van der Waals surface area contributed by atoms with Crippen LogP contribution in [-0.2, 0) is 16.1 Å². The molecule has 8 nitrogen and oxygen atoms in total. The number of hydrogen-bond acceptors (Lipinski definition) is 5. The molecule has 2 atom stereocenters. The summed E-state index contributed by atoms with van der Waals surface area (Å²) in [6.07, 6.45) is 3.92. The number of amides is 2. The number of carbonyl (C=O) groups is 3. The SMILES string of the molecule is CN1[C@@H](CC(=O)NCc2ccccn2)CC[C@H]1CNC(=O)c1cccc(F)c1.O=CO. The fourth-order valence-electron chi connectivity index (χ4n) is 3.50. The van der Waals surface area contributed by atoms with Crippen molar-refractivity contribution in [3.63, 3.8) is 0 Å². The van der Waals surface area contributed by atoms with Gasteiger partial charge in [-0.25, -0.2) is 4.39 Å². The fourth-order valence-corrected chi connectivity index (χ4v) is 3.50. The Bertz CT molecular complexity index is 866. The van der Waals surface area contributed by atoms with Crippen LogP contribution < -0.4 is 10.6 Å². The number of halogens is 1. The first-order chi connectivity index (χ1) is 14.9. The third-order valence-corrected chi connectivity index (χ3v) is 5.18. The molecule has 3 rings (SSSR count). The van der Waals surface area contributed by atoms with E-state index in [1.807, 2.05) is 25.2 Å². The van der Waals surface area contributed by atoms with Crippen LogP contribution in [0, 0.1) is 5.82 Å². The van der Waals surface area contributed by atoms with Gasteiger partial charge >= 0.3 is 0 Å². The predicted molar refractivity (Wildman–Crippen MR) is 113 cm³/mol. The second kappa shape index (κ2) is 12.4. The number of pyridine rings is 1. The molecule has 0 unspecified atom stereocenters. The molecule has 2 aromatic rings. The quantitative estimate of drug-likeness (QED) is 0.578. The minimum Gasteiger partial charge on any atom is -0.483 e. The molecule has 1 aliphatic heterocycles. The van der Waals surface area contributed by atoms with E-state index in [-0.39, 0.29) is 30.4 Å². The zero-order valence-corrected chi connectivity index (χ0v) is 17.3. The van der Waals surface area contributed by atoms with Gasteiger partial charge in [0, 0.05) is 36.8 Å². The lowest BCUT2D eigenvalue weighted by Crippen LogP contribution is -2.42. The summed E-state index contributed by atoms with van der Waals surface area (Å²) in [7, 11) is 1.97. The Kier molecular flexibility index (Phi) is 9.57. The smallest absolute Gasteiger partial charge is 0.290 e. The zero-order valence-electron chi connectivity index (χ0n) is 17.3. The van der Waals surface area contributed by atoms with Gasteiger partial charge in [0.1, 0.15) is 5.82 Å². The van der Waals surface area contributed by atoms with Crippen LogP contribution in [0.2, 0.25) is 0 Å². The molecular weight excluding hydrogens is 403 g/mol. The van der Waals surface area contributed by atoms with Gasteiger partial charge in [-0.3, -0.25) is 24.3 Å². The minimum atomic E-state index is -0.428. The van der Waals surface area contributed by atoms with E-state index in [4.69, 9.17) is 9.90 Å². The number of benzene rings is 1. The van der Waals surface area contributed by atoms with Crippen molar-refractivity contribution in [3.05, 3.63) is 65.7 Å². The highest BCUT2D eigenvalue weighted by molar-refractivity contribution is 5.94. The maximum Gasteiger partial charge on any atom is 0.290 e. The first-order valence-electron chi connectivity index (χ1n) is 9.94. The van der Waals surface area contributed by atoms with Crippen LogP contribution in [0.15, 0.2) is 48.7 Å². The summed E-state index contributed by atoms with van der Waals surface area (Å²) in [5.41, 5.74) is 1.14. The monoisotopic (exact) mass is 430 g/mol. The Balaban J connectivity index is 0.00000107. The van der Waals surface area contributed by atoms with Crippen molar-refractivity contribution in [3.8, 4) is 0 Å². The Hall–Kier alpha value is -3.33. The molecule has 31 heavy (non-hydrogen) atoms. The van der Waals surface area contributed by atoms with Gasteiger partial charge in [-0.15, -0.1) is 0 Å². The predicted octanol–water partition coefficient (Wildman–Crippen LogP) is 1.82. The van der Waals surface area contributed by atoms with Crippen LogP contribution in [0.4, 0.5) is 4.39 Å². The molecule has 1 fully saturated rings. The lowest BCUT2D eigenvalue weighted by Gasteiger charge is -2.25. The average molecular weight is 430 g/mol. The second-order valence-corrected chi connectivity index (χ2v) is 7.18. The van der Waals surface area contributed by atoms with E-state index in [2.05, 4.69) is 20.5 Å². The third-order valence-electron chi connectivity index (χ3n) is 5.18. The Morgan fingerprint density at radius 2 is 1.94 bits per heavy atom. The van der Waals surface area contributed by atoms with Gasteiger partial charge in [0.2, 0.25) is 5.91 Å². The molecule has 9 heteroatoms. The van der Waals surface area contributed by atoms with Crippen molar-refractivity contribution in [2.24, 2.45) is 0 Å². The molecule has 2 amide bonds. The highest BCUT2D eigenvalue weighted by Crippen LogP contribution is 2.24. The number of rotatable bonds is 7. The highest BCUT2D eigenvalue weighted by atomic mass is 19.1. The van der Waals surface area contributed by atoms with Gasteiger partial charge in [-0.05, 0) is 50.2 Å².